The molecule has 1 heterocycles. The van der Waals surface area contributed by atoms with Crippen LogP contribution in [0.4, 0.5) is 4.79 Å². The van der Waals surface area contributed by atoms with Gasteiger partial charge in [-0.1, -0.05) is 18.2 Å². The van der Waals surface area contributed by atoms with Gasteiger partial charge in [0.25, 0.3) is 0 Å². The van der Waals surface area contributed by atoms with E-state index in [0.717, 1.165) is 22.0 Å². The lowest BCUT2D eigenvalue weighted by molar-refractivity contribution is 0.231. The van der Waals surface area contributed by atoms with E-state index in [-0.39, 0.29) is 12.1 Å². The third kappa shape index (κ3) is 4.94. The van der Waals surface area contributed by atoms with E-state index in [9.17, 15) is 4.79 Å². The molecular formula is C17H24N4O2S. The van der Waals surface area contributed by atoms with E-state index in [2.05, 4.69) is 20.5 Å². The number of aromatic nitrogens is 1. The third-order valence-corrected chi connectivity index (χ3v) is 4.61. The van der Waals surface area contributed by atoms with Crippen molar-refractivity contribution in [1.82, 2.24) is 20.5 Å². The number of nitrogens with one attached hydrogen (secondary N) is 2. The van der Waals surface area contributed by atoms with Crippen LogP contribution in [0.25, 0.3) is 0 Å². The molecule has 1 atom stereocenters. The van der Waals surface area contributed by atoms with Crippen LogP contribution < -0.4 is 15.4 Å². The second kappa shape index (κ2) is 8.65. The maximum absolute atomic E-state index is 12.0. The van der Waals surface area contributed by atoms with Crippen molar-refractivity contribution in [3.63, 3.8) is 0 Å². The number of rotatable bonds is 7. The zero-order valence-electron chi connectivity index (χ0n) is 14.5. The molecular weight excluding hydrogens is 324 g/mol. The fourth-order valence-corrected chi connectivity index (χ4v) is 3.12. The van der Waals surface area contributed by atoms with Gasteiger partial charge in [0, 0.05) is 23.2 Å². The highest BCUT2D eigenvalue weighted by molar-refractivity contribution is 7.09. The van der Waals surface area contributed by atoms with Crippen molar-refractivity contribution in [1.29, 1.82) is 0 Å². The fourth-order valence-electron chi connectivity index (χ4n) is 2.40. The Morgan fingerprint density at radius 3 is 2.71 bits per heavy atom. The smallest absolute Gasteiger partial charge is 0.315 e. The second-order valence-corrected chi connectivity index (χ2v) is 6.61. The molecule has 0 radical (unpaired) electrons. The van der Waals surface area contributed by atoms with Gasteiger partial charge in [0.15, 0.2) is 0 Å². The zero-order chi connectivity index (χ0) is 17.5. The Balaban J connectivity index is 1.92. The highest BCUT2D eigenvalue weighted by Gasteiger charge is 2.18. The predicted octanol–water partition coefficient (Wildman–Crippen LogP) is 2.56. The predicted molar refractivity (Wildman–Crippen MR) is 96.5 cm³/mol. The molecule has 2 amide bonds. The standard InChI is InChI=1S/C17H24N4O2S/c1-12-11-24-16(20-12)10-19-17(22)18-9-14(21(2)3)13-7-5-6-8-15(13)23-4/h5-8,11,14H,9-10H2,1-4H3,(H2,18,19,22). The van der Waals surface area contributed by atoms with Gasteiger partial charge in [-0.25, -0.2) is 9.78 Å². The van der Waals surface area contributed by atoms with Gasteiger partial charge in [-0.3, -0.25) is 0 Å². The van der Waals surface area contributed by atoms with Gasteiger partial charge in [0.05, 0.1) is 19.7 Å². The molecule has 0 bridgehead atoms. The summed E-state index contributed by atoms with van der Waals surface area (Å²) in [6.45, 7) is 2.86. The minimum atomic E-state index is -0.204. The largest absolute Gasteiger partial charge is 0.496 e. The number of hydrogen-bond acceptors (Lipinski definition) is 5. The summed E-state index contributed by atoms with van der Waals surface area (Å²) in [6, 6.07) is 7.67. The zero-order valence-corrected chi connectivity index (χ0v) is 15.3. The van der Waals surface area contributed by atoms with Crippen molar-refractivity contribution >= 4 is 17.4 Å². The number of urea groups is 1. The molecule has 130 valence electrons. The Hall–Kier alpha value is -2.12. The number of ether oxygens (including phenoxy) is 1. The molecule has 24 heavy (non-hydrogen) atoms. The van der Waals surface area contributed by atoms with Crippen molar-refractivity contribution in [3.05, 3.63) is 45.9 Å². The minimum absolute atomic E-state index is 0.0222. The minimum Gasteiger partial charge on any atom is -0.496 e. The van der Waals surface area contributed by atoms with Crippen LogP contribution in [0.5, 0.6) is 5.75 Å². The summed E-state index contributed by atoms with van der Waals surface area (Å²) in [5.41, 5.74) is 2.02. The van der Waals surface area contributed by atoms with Gasteiger partial charge < -0.3 is 20.3 Å². The summed E-state index contributed by atoms with van der Waals surface area (Å²) in [6.07, 6.45) is 0. The first kappa shape index (κ1) is 18.2. The van der Waals surface area contributed by atoms with Gasteiger partial charge in [-0.15, -0.1) is 11.3 Å². The van der Waals surface area contributed by atoms with Crippen molar-refractivity contribution in [3.8, 4) is 5.75 Å². The normalized spacial score (nSPS) is 12.0. The molecule has 0 aliphatic heterocycles. The first-order chi connectivity index (χ1) is 11.5. The number of benzene rings is 1. The lowest BCUT2D eigenvalue weighted by Gasteiger charge is -2.26. The van der Waals surface area contributed by atoms with Crippen molar-refractivity contribution < 1.29 is 9.53 Å². The van der Waals surface area contributed by atoms with Crippen LogP contribution in [0.1, 0.15) is 22.3 Å². The SMILES string of the molecule is COc1ccccc1C(CNC(=O)NCc1nc(C)cs1)N(C)C. The van der Waals surface area contributed by atoms with Gasteiger partial charge >= 0.3 is 6.03 Å². The van der Waals surface area contributed by atoms with Gasteiger partial charge in [0.1, 0.15) is 10.8 Å². The Morgan fingerprint density at radius 1 is 1.33 bits per heavy atom. The summed E-state index contributed by atoms with van der Waals surface area (Å²) < 4.78 is 5.43. The average Bonchev–Trinajstić information content (AvgIpc) is 2.98. The molecule has 0 aliphatic rings. The number of thiazole rings is 1. The highest BCUT2D eigenvalue weighted by Crippen LogP contribution is 2.27. The summed E-state index contributed by atoms with van der Waals surface area (Å²) >= 11 is 1.54. The number of para-hydroxylation sites is 1. The number of methoxy groups -OCH3 is 1. The molecule has 2 aromatic rings. The number of carbonyl (C=O) groups is 1. The molecule has 1 aromatic carbocycles. The molecule has 1 unspecified atom stereocenters. The van der Waals surface area contributed by atoms with E-state index in [1.54, 1.807) is 18.4 Å². The van der Waals surface area contributed by atoms with Gasteiger partial charge in [-0.05, 0) is 27.1 Å². The summed E-state index contributed by atoms with van der Waals surface area (Å²) in [5, 5.41) is 8.63. The van der Waals surface area contributed by atoms with Gasteiger partial charge in [-0.2, -0.15) is 0 Å². The summed E-state index contributed by atoms with van der Waals surface area (Å²) in [4.78, 5) is 18.4. The first-order valence-electron chi connectivity index (χ1n) is 7.73. The number of likely N-dealkylation sites (N-methyl/N-ethyl adjacent to an activating group) is 1. The Kier molecular flexibility index (Phi) is 6.57. The fraction of sp³-hybridized carbons (Fsp3) is 0.412. The topological polar surface area (TPSA) is 66.5 Å². The molecule has 1 aromatic heterocycles. The van der Waals surface area contributed by atoms with Gasteiger partial charge in [0.2, 0.25) is 0 Å². The number of amides is 2. The van der Waals surface area contributed by atoms with Crippen LogP contribution in [-0.2, 0) is 6.54 Å². The first-order valence-corrected chi connectivity index (χ1v) is 8.61. The van der Waals surface area contributed by atoms with E-state index in [0.29, 0.717) is 13.1 Å². The van der Waals surface area contributed by atoms with Crippen LogP contribution in [0, 0.1) is 6.92 Å². The van der Waals surface area contributed by atoms with E-state index < -0.39 is 0 Å². The number of aryl methyl sites for hydroxylation is 1. The molecule has 6 nitrogen and oxygen atoms in total. The van der Waals surface area contributed by atoms with Crippen LogP contribution in [0.15, 0.2) is 29.6 Å². The van der Waals surface area contributed by atoms with Crippen molar-refractivity contribution in [2.24, 2.45) is 0 Å². The molecule has 0 saturated carbocycles. The van der Waals surface area contributed by atoms with E-state index >= 15 is 0 Å². The van der Waals surface area contributed by atoms with E-state index in [4.69, 9.17) is 4.74 Å². The van der Waals surface area contributed by atoms with Crippen LogP contribution in [0.3, 0.4) is 0 Å². The molecule has 2 N–H and O–H groups in total. The molecule has 0 spiro atoms. The Bertz CT molecular complexity index is 672. The molecule has 0 aliphatic carbocycles. The Labute approximate surface area is 146 Å². The molecule has 7 heteroatoms. The lowest BCUT2D eigenvalue weighted by atomic mass is 10.0. The molecule has 2 rings (SSSR count). The number of carbonyl (C=O) groups excluding carboxylic acids is 1. The maximum atomic E-state index is 12.0. The van der Waals surface area contributed by atoms with Crippen molar-refractivity contribution in [2.45, 2.75) is 19.5 Å². The van der Waals surface area contributed by atoms with Crippen molar-refractivity contribution in [2.75, 3.05) is 27.7 Å². The van der Waals surface area contributed by atoms with E-state index in [1.165, 1.54) is 0 Å². The van der Waals surface area contributed by atoms with Crippen LogP contribution in [-0.4, -0.2) is 43.7 Å². The highest BCUT2D eigenvalue weighted by atomic mass is 32.1. The quantitative estimate of drug-likeness (QED) is 0.807. The molecule has 0 fully saturated rings. The average molecular weight is 348 g/mol. The molecule has 0 saturated heterocycles. The third-order valence-electron chi connectivity index (χ3n) is 3.64. The van der Waals surface area contributed by atoms with Crippen LogP contribution in [0.2, 0.25) is 0 Å². The number of hydrogen-bond donors (Lipinski definition) is 2. The van der Waals surface area contributed by atoms with Crippen LogP contribution >= 0.6 is 11.3 Å². The maximum Gasteiger partial charge on any atom is 0.315 e. The number of nitrogens with zero attached hydrogens (tertiary/aromatic N) is 2. The lowest BCUT2D eigenvalue weighted by Crippen LogP contribution is -2.40. The summed E-state index contributed by atoms with van der Waals surface area (Å²) in [5.74, 6) is 0.816. The second-order valence-electron chi connectivity index (χ2n) is 5.67. The Morgan fingerprint density at radius 2 is 2.08 bits per heavy atom. The summed E-state index contributed by atoms with van der Waals surface area (Å²) in [7, 11) is 5.62. The monoisotopic (exact) mass is 348 g/mol. The van der Waals surface area contributed by atoms with E-state index in [1.807, 2.05) is 50.7 Å².